The van der Waals surface area contributed by atoms with Crippen LogP contribution >= 0.6 is 0 Å². The summed E-state index contributed by atoms with van der Waals surface area (Å²) in [5.74, 6) is 0. The molecule has 1 saturated heterocycles. The lowest BCUT2D eigenvalue weighted by molar-refractivity contribution is 0.131. The van der Waals surface area contributed by atoms with Gasteiger partial charge in [0.1, 0.15) is 0 Å². The molecule has 4 nitrogen and oxygen atoms in total. The lowest BCUT2D eigenvalue weighted by atomic mass is 10.0. The zero-order valence-corrected chi connectivity index (χ0v) is 12.6. The van der Waals surface area contributed by atoms with Crippen LogP contribution in [0.5, 0.6) is 0 Å². The summed E-state index contributed by atoms with van der Waals surface area (Å²) < 4.78 is 5.49. The zero-order chi connectivity index (χ0) is 14.0. The number of anilines is 1. The van der Waals surface area contributed by atoms with Crippen molar-refractivity contribution in [2.24, 2.45) is 0 Å². The Morgan fingerprint density at radius 2 is 2.00 bits per heavy atom. The second kappa shape index (κ2) is 8.93. The predicted molar refractivity (Wildman–Crippen MR) is 83.2 cm³/mol. The molecule has 0 atom stereocenters. The van der Waals surface area contributed by atoms with Crippen molar-refractivity contribution in [2.75, 3.05) is 37.7 Å². The zero-order valence-electron chi connectivity index (χ0n) is 12.6. The van der Waals surface area contributed by atoms with Gasteiger partial charge in [-0.2, -0.15) is 0 Å². The van der Waals surface area contributed by atoms with Crippen LogP contribution in [0.15, 0.2) is 24.5 Å². The van der Waals surface area contributed by atoms with Crippen molar-refractivity contribution in [3.05, 3.63) is 24.5 Å². The van der Waals surface area contributed by atoms with E-state index in [1.807, 2.05) is 12.4 Å². The minimum Gasteiger partial charge on any atom is -0.381 e. The molecular formula is C16H27N3O. The van der Waals surface area contributed by atoms with Gasteiger partial charge in [0.25, 0.3) is 0 Å². The number of nitrogens with zero attached hydrogens (tertiary/aromatic N) is 2. The van der Waals surface area contributed by atoms with E-state index in [4.69, 9.17) is 4.74 Å². The molecule has 1 aromatic rings. The standard InChI is InChI=1S/C16H27N3O/c1-2-13-20-14-3-8-18-15-6-11-19(12-7-15)16-4-9-17-10-5-16/h4-5,9-10,15,18H,2-3,6-8,11-14H2,1H3. The fourth-order valence-electron chi connectivity index (χ4n) is 2.62. The van der Waals surface area contributed by atoms with Crippen LogP contribution in [0, 0.1) is 0 Å². The van der Waals surface area contributed by atoms with E-state index in [9.17, 15) is 0 Å². The van der Waals surface area contributed by atoms with Crippen LogP contribution in [-0.4, -0.2) is 43.9 Å². The number of aromatic nitrogens is 1. The van der Waals surface area contributed by atoms with E-state index >= 15 is 0 Å². The fourth-order valence-corrected chi connectivity index (χ4v) is 2.62. The first-order valence-corrected chi connectivity index (χ1v) is 7.86. The van der Waals surface area contributed by atoms with Gasteiger partial charge in [0, 0.05) is 50.4 Å². The highest BCUT2D eigenvalue weighted by Crippen LogP contribution is 2.18. The molecular weight excluding hydrogens is 250 g/mol. The number of piperidine rings is 1. The minimum absolute atomic E-state index is 0.666. The van der Waals surface area contributed by atoms with Crippen LogP contribution in [0.2, 0.25) is 0 Å². The molecule has 20 heavy (non-hydrogen) atoms. The van der Waals surface area contributed by atoms with E-state index in [0.29, 0.717) is 6.04 Å². The van der Waals surface area contributed by atoms with Crippen LogP contribution in [-0.2, 0) is 4.74 Å². The molecule has 0 amide bonds. The lowest BCUT2D eigenvalue weighted by Gasteiger charge is -2.34. The van der Waals surface area contributed by atoms with Gasteiger partial charge >= 0.3 is 0 Å². The molecule has 2 rings (SSSR count). The number of hydrogen-bond acceptors (Lipinski definition) is 4. The normalized spacial score (nSPS) is 16.6. The second-order valence-corrected chi connectivity index (χ2v) is 5.39. The van der Waals surface area contributed by atoms with Crippen LogP contribution in [0.1, 0.15) is 32.6 Å². The van der Waals surface area contributed by atoms with Crippen molar-refractivity contribution < 1.29 is 4.74 Å². The topological polar surface area (TPSA) is 37.4 Å². The SMILES string of the molecule is CCCOCCCNC1CCN(c2ccncc2)CC1. The average Bonchev–Trinajstić information content (AvgIpc) is 2.52. The molecule has 0 spiro atoms. The molecule has 0 aliphatic carbocycles. The Kier molecular flexibility index (Phi) is 6.81. The van der Waals surface area contributed by atoms with Crippen LogP contribution in [0.4, 0.5) is 5.69 Å². The van der Waals surface area contributed by atoms with Crippen molar-refractivity contribution >= 4 is 5.69 Å². The molecule has 0 bridgehead atoms. The molecule has 2 heterocycles. The van der Waals surface area contributed by atoms with Crippen molar-refractivity contribution in [3.63, 3.8) is 0 Å². The maximum Gasteiger partial charge on any atom is 0.0478 e. The van der Waals surface area contributed by atoms with Crippen molar-refractivity contribution in [3.8, 4) is 0 Å². The van der Waals surface area contributed by atoms with Gasteiger partial charge in [-0.25, -0.2) is 0 Å². The van der Waals surface area contributed by atoms with Gasteiger partial charge in [0.05, 0.1) is 0 Å². The average molecular weight is 277 g/mol. The van der Waals surface area contributed by atoms with Gasteiger partial charge in [0.15, 0.2) is 0 Å². The largest absolute Gasteiger partial charge is 0.381 e. The molecule has 112 valence electrons. The molecule has 0 radical (unpaired) electrons. The van der Waals surface area contributed by atoms with E-state index in [2.05, 4.69) is 34.3 Å². The Morgan fingerprint density at radius 3 is 2.70 bits per heavy atom. The third-order valence-electron chi connectivity index (χ3n) is 3.77. The summed E-state index contributed by atoms with van der Waals surface area (Å²) in [6.45, 7) is 7.27. The number of ether oxygens (including phenoxy) is 1. The summed E-state index contributed by atoms with van der Waals surface area (Å²) in [5.41, 5.74) is 1.30. The number of nitrogens with one attached hydrogen (secondary N) is 1. The third-order valence-corrected chi connectivity index (χ3v) is 3.77. The van der Waals surface area contributed by atoms with Gasteiger partial charge < -0.3 is 15.0 Å². The summed E-state index contributed by atoms with van der Waals surface area (Å²) in [4.78, 5) is 6.52. The molecule has 1 N–H and O–H groups in total. The summed E-state index contributed by atoms with van der Waals surface area (Å²) in [6, 6.07) is 4.86. The predicted octanol–water partition coefficient (Wildman–Crippen LogP) is 2.46. The fraction of sp³-hybridized carbons (Fsp3) is 0.688. The maximum absolute atomic E-state index is 5.49. The number of pyridine rings is 1. The molecule has 0 aromatic carbocycles. The molecule has 1 aliphatic rings. The Labute approximate surface area is 122 Å². The van der Waals surface area contributed by atoms with Crippen LogP contribution < -0.4 is 10.2 Å². The van der Waals surface area contributed by atoms with E-state index < -0.39 is 0 Å². The van der Waals surface area contributed by atoms with Gasteiger partial charge in [-0.15, -0.1) is 0 Å². The van der Waals surface area contributed by atoms with Crippen LogP contribution in [0.3, 0.4) is 0 Å². The van der Waals surface area contributed by atoms with Crippen molar-refractivity contribution in [1.29, 1.82) is 0 Å². The Hall–Kier alpha value is -1.13. The highest BCUT2D eigenvalue weighted by atomic mass is 16.5. The molecule has 1 aliphatic heterocycles. The summed E-state index contributed by atoms with van der Waals surface area (Å²) in [7, 11) is 0. The van der Waals surface area contributed by atoms with Crippen molar-refractivity contribution in [2.45, 2.75) is 38.6 Å². The van der Waals surface area contributed by atoms with Gasteiger partial charge in [-0.05, 0) is 44.4 Å². The molecule has 0 saturated carbocycles. The van der Waals surface area contributed by atoms with E-state index in [0.717, 1.165) is 45.7 Å². The summed E-state index contributed by atoms with van der Waals surface area (Å²) in [6.07, 6.45) is 8.41. The first kappa shape index (κ1) is 15.3. The van der Waals surface area contributed by atoms with E-state index in [1.165, 1.54) is 18.5 Å². The number of rotatable bonds is 8. The monoisotopic (exact) mass is 277 g/mol. The highest BCUT2D eigenvalue weighted by Gasteiger charge is 2.18. The van der Waals surface area contributed by atoms with E-state index in [-0.39, 0.29) is 0 Å². The van der Waals surface area contributed by atoms with E-state index in [1.54, 1.807) is 0 Å². The first-order chi connectivity index (χ1) is 9.90. The Bertz CT molecular complexity index is 350. The summed E-state index contributed by atoms with van der Waals surface area (Å²) >= 11 is 0. The lowest BCUT2D eigenvalue weighted by Crippen LogP contribution is -2.43. The highest BCUT2D eigenvalue weighted by molar-refractivity contribution is 5.44. The molecule has 4 heteroatoms. The molecule has 1 aromatic heterocycles. The summed E-state index contributed by atoms with van der Waals surface area (Å²) in [5, 5.41) is 3.65. The second-order valence-electron chi connectivity index (χ2n) is 5.39. The van der Waals surface area contributed by atoms with Gasteiger partial charge in [-0.1, -0.05) is 6.92 Å². The van der Waals surface area contributed by atoms with Crippen LogP contribution in [0.25, 0.3) is 0 Å². The third kappa shape index (κ3) is 5.10. The Balaban J connectivity index is 1.58. The Morgan fingerprint density at radius 1 is 1.25 bits per heavy atom. The molecule has 0 unspecified atom stereocenters. The quantitative estimate of drug-likeness (QED) is 0.741. The number of hydrogen-bond donors (Lipinski definition) is 1. The minimum atomic E-state index is 0.666. The smallest absolute Gasteiger partial charge is 0.0478 e. The molecule has 1 fully saturated rings. The maximum atomic E-state index is 5.49. The van der Waals surface area contributed by atoms with Gasteiger partial charge in [0.2, 0.25) is 0 Å². The van der Waals surface area contributed by atoms with Crippen molar-refractivity contribution in [1.82, 2.24) is 10.3 Å². The first-order valence-electron chi connectivity index (χ1n) is 7.86. The van der Waals surface area contributed by atoms with Gasteiger partial charge in [-0.3, -0.25) is 4.98 Å².